The number of likely N-dealkylation sites (N-methyl/N-ethyl adjacent to an activating group) is 1. The third-order valence-electron chi connectivity index (χ3n) is 3.86. The molecule has 1 amide bonds. The van der Waals surface area contributed by atoms with Gasteiger partial charge in [0.05, 0.1) is 0 Å². The molecule has 0 radical (unpaired) electrons. The predicted molar refractivity (Wildman–Crippen MR) is 81.4 cm³/mol. The molecule has 0 aliphatic carbocycles. The Labute approximate surface area is 127 Å². The summed E-state index contributed by atoms with van der Waals surface area (Å²) in [5.74, 6) is 0.387. The fourth-order valence-electron chi connectivity index (χ4n) is 2.82. The van der Waals surface area contributed by atoms with Crippen LogP contribution in [0.15, 0.2) is 11.8 Å². The van der Waals surface area contributed by atoms with Crippen molar-refractivity contribution in [2.75, 3.05) is 20.3 Å². The van der Waals surface area contributed by atoms with E-state index in [2.05, 4.69) is 26.1 Å². The summed E-state index contributed by atoms with van der Waals surface area (Å²) in [7, 11) is 1.59. The Morgan fingerprint density at radius 1 is 1.48 bits per heavy atom. The van der Waals surface area contributed by atoms with Gasteiger partial charge in [-0.25, -0.2) is 0 Å². The molecule has 0 fully saturated rings. The molecule has 3 atom stereocenters. The van der Waals surface area contributed by atoms with Gasteiger partial charge in [-0.3, -0.25) is 4.79 Å². The largest absolute Gasteiger partial charge is 0.459 e. The van der Waals surface area contributed by atoms with Crippen LogP contribution in [0.3, 0.4) is 0 Å². The van der Waals surface area contributed by atoms with Crippen molar-refractivity contribution in [1.29, 1.82) is 0 Å². The molecule has 0 saturated carbocycles. The minimum atomic E-state index is -0.442. The van der Waals surface area contributed by atoms with Crippen LogP contribution < -0.4 is 5.32 Å². The minimum absolute atomic E-state index is 0.0154. The van der Waals surface area contributed by atoms with Crippen LogP contribution >= 0.6 is 0 Å². The number of aliphatic hydroxyl groups excluding tert-OH is 1. The summed E-state index contributed by atoms with van der Waals surface area (Å²) in [5.41, 5.74) is -0.0154. The van der Waals surface area contributed by atoms with E-state index in [4.69, 9.17) is 14.6 Å². The van der Waals surface area contributed by atoms with Gasteiger partial charge in [0.1, 0.15) is 0 Å². The highest BCUT2D eigenvalue weighted by Crippen LogP contribution is 2.42. The number of carbonyl (C=O) groups excluding carboxylic acids is 1. The maximum absolute atomic E-state index is 11.9. The average molecular weight is 299 g/mol. The highest BCUT2D eigenvalue weighted by Gasteiger charge is 2.41. The molecule has 1 aliphatic heterocycles. The lowest BCUT2D eigenvalue weighted by atomic mass is 9.70. The summed E-state index contributed by atoms with van der Waals surface area (Å²) < 4.78 is 11.5. The quantitative estimate of drug-likeness (QED) is 0.788. The number of amides is 1. The number of rotatable bonds is 6. The summed E-state index contributed by atoms with van der Waals surface area (Å²) in [6.07, 6.45) is 2.98. The van der Waals surface area contributed by atoms with E-state index in [-0.39, 0.29) is 29.8 Å². The van der Waals surface area contributed by atoms with E-state index in [1.54, 1.807) is 7.05 Å². The fraction of sp³-hybridized carbons (Fsp3) is 0.812. The molecule has 0 saturated heterocycles. The second-order valence-electron chi connectivity index (χ2n) is 6.47. The van der Waals surface area contributed by atoms with Gasteiger partial charge in [-0.1, -0.05) is 20.8 Å². The predicted octanol–water partition coefficient (Wildman–Crippen LogP) is 2.06. The zero-order chi connectivity index (χ0) is 16.0. The Bertz CT molecular complexity index is 373. The molecular formula is C16H29NO4. The van der Waals surface area contributed by atoms with Gasteiger partial charge in [0, 0.05) is 26.2 Å². The van der Waals surface area contributed by atoms with Gasteiger partial charge in [-0.15, -0.1) is 0 Å². The third-order valence-corrected chi connectivity index (χ3v) is 3.86. The van der Waals surface area contributed by atoms with Crippen LogP contribution in [0.2, 0.25) is 0 Å². The average Bonchev–Trinajstić information content (AvgIpc) is 2.43. The Morgan fingerprint density at radius 2 is 2.14 bits per heavy atom. The molecule has 0 aromatic carbocycles. The van der Waals surface area contributed by atoms with Crippen LogP contribution in [0, 0.1) is 17.3 Å². The Kier molecular flexibility index (Phi) is 6.68. The topological polar surface area (TPSA) is 67.8 Å². The molecule has 0 bridgehead atoms. The molecule has 1 aliphatic rings. The number of aliphatic hydroxyl groups is 1. The first-order valence-corrected chi connectivity index (χ1v) is 7.68. The zero-order valence-electron chi connectivity index (χ0n) is 13.8. The smallest absolute Gasteiger partial charge is 0.285 e. The third kappa shape index (κ3) is 4.71. The lowest BCUT2D eigenvalue weighted by molar-refractivity contribution is -0.179. The van der Waals surface area contributed by atoms with Crippen molar-refractivity contribution in [2.24, 2.45) is 17.3 Å². The number of hydrogen-bond acceptors (Lipinski definition) is 4. The molecule has 0 spiro atoms. The van der Waals surface area contributed by atoms with Crippen molar-refractivity contribution < 1.29 is 19.4 Å². The van der Waals surface area contributed by atoms with Crippen LogP contribution in [0.5, 0.6) is 0 Å². The summed E-state index contributed by atoms with van der Waals surface area (Å²) in [6, 6.07) is 0. The van der Waals surface area contributed by atoms with Crippen LogP contribution in [0.4, 0.5) is 0 Å². The van der Waals surface area contributed by atoms with E-state index in [9.17, 15) is 4.79 Å². The summed E-state index contributed by atoms with van der Waals surface area (Å²) in [5, 5.41) is 11.7. The number of allylic oxidation sites excluding steroid dienone is 1. The standard InChI is InChI=1S/C16H29NO4/c1-6-20-15-11(8-7-9-18)12(16(2,3)4)10-13(21-15)14(19)17-5/h10-12,15,18H,6-9H2,1-5H3,(H,17,19)/t11-,12+,15-/m1/s1. The van der Waals surface area contributed by atoms with Crippen LogP contribution in [0.25, 0.3) is 0 Å². The van der Waals surface area contributed by atoms with Crippen molar-refractivity contribution in [2.45, 2.75) is 46.8 Å². The lowest BCUT2D eigenvalue weighted by Crippen LogP contribution is -2.43. The Balaban J connectivity index is 3.10. The van der Waals surface area contributed by atoms with Crippen LogP contribution in [0.1, 0.15) is 40.5 Å². The zero-order valence-corrected chi connectivity index (χ0v) is 13.8. The molecule has 2 N–H and O–H groups in total. The van der Waals surface area contributed by atoms with Crippen LogP contribution in [-0.4, -0.2) is 37.6 Å². The molecule has 1 rings (SSSR count). The van der Waals surface area contributed by atoms with Gasteiger partial charge in [-0.2, -0.15) is 0 Å². The van der Waals surface area contributed by atoms with Crippen molar-refractivity contribution in [1.82, 2.24) is 5.32 Å². The van der Waals surface area contributed by atoms with Crippen LogP contribution in [-0.2, 0) is 14.3 Å². The second-order valence-corrected chi connectivity index (χ2v) is 6.47. The molecule has 5 nitrogen and oxygen atoms in total. The summed E-state index contributed by atoms with van der Waals surface area (Å²) >= 11 is 0. The monoisotopic (exact) mass is 299 g/mol. The molecule has 5 heteroatoms. The first-order chi connectivity index (χ1) is 9.85. The maximum atomic E-state index is 11.9. The Hall–Kier alpha value is -1.07. The van der Waals surface area contributed by atoms with E-state index < -0.39 is 6.29 Å². The number of nitrogens with one attached hydrogen (secondary N) is 1. The van der Waals surface area contributed by atoms with E-state index >= 15 is 0 Å². The van der Waals surface area contributed by atoms with E-state index in [0.717, 1.165) is 6.42 Å². The van der Waals surface area contributed by atoms with Gasteiger partial charge < -0.3 is 19.9 Å². The fourth-order valence-corrected chi connectivity index (χ4v) is 2.82. The van der Waals surface area contributed by atoms with E-state index in [1.807, 2.05) is 13.0 Å². The van der Waals surface area contributed by atoms with Gasteiger partial charge in [0.25, 0.3) is 5.91 Å². The van der Waals surface area contributed by atoms with Gasteiger partial charge in [-0.05, 0) is 37.2 Å². The number of ether oxygens (including phenoxy) is 2. The normalized spacial score (nSPS) is 26.0. The molecule has 0 aromatic rings. The molecule has 0 unspecified atom stereocenters. The summed E-state index contributed by atoms with van der Waals surface area (Å²) in [4.78, 5) is 11.9. The van der Waals surface area contributed by atoms with Crippen molar-refractivity contribution >= 4 is 5.91 Å². The molecule has 1 heterocycles. The second kappa shape index (κ2) is 7.80. The highest BCUT2D eigenvalue weighted by atomic mass is 16.7. The van der Waals surface area contributed by atoms with Gasteiger partial charge >= 0.3 is 0 Å². The van der Waals surface area contributed by atoms with Crippen molar-refractivity contribution in [3.05, 3.63) is 11.8 Å². The molecule has 0 aromatic heterocycles. The lowest BCUT2D eigenvalue weighted by Gasteiger charge is -2.42. The van der Waals surface area contributed by atoms with Gasteiger partial charge in [0.2, 0.25) is 6.29 Å². The minimum Gasteiger partial charge on any atom is -0.459 e. The number of carbonyl (C=O) groups is 1. The maximum Gasteiger partial charge on any atom is 0.285 e. The first kappa shape index (κ1) is 18.0. The first-order valence-electron chi connectivity index (χ1n) is 7.68. The molecule has 122 valence electrons. The van der Waals surface area contributed by atoms with Crippen molar-refractivity contribution in [3.8, 4) is 0 Å². The van der Waals surface area contributed by atoms with E-state index in [1.165, 1.54) is 0 Å². The number of hydrogen-bond donors (Lipinski definition) is 2. The highest BCUT2D eigenvalue weighted by molar-refractivity contribution is 5.91. The Morgan fingerprint density at radius 3 is 2.62 bits per heavy atom. The van der Waals surface area contributed by atoms with Crippen molar-refractivity contribution in [3.63, 3.8) is 0 Å². The molecular weight excluding hydrogens is 270 g/mol. The van der Waals surface area contributed by atoms with Gasteiger partial charge in [0.15, 0.2) is 5.76 Å². The molecule has 21 heavy (non-hydrogen) atoms. The van der Waals surface area contributed by atoms with E-state index in [0.29, 0.717) is 18.8 Å². The summed E-state index contributed by atoms with van der Waals surface area (Å²) in [6.45, 7) is 9.04. The SMILES string of the molecule is CCO[C@@H]1OC(C(=O)NC)=C[C@H](C(C)(C)C)[C@H]1CCCO.